The first-order valence-electron chi connectivity index (χ1n) is 28.8. The number of imidazole rings is 1. The molecule has 4 heteroatoms. The van der Waals surface area contributed by atoms with Crippen LogP contribution in [0.15, 0.2) is 140 Å². The first kappa shape index (κ1) is 28.4. The highest BCUT2D eigenvalue weighted by molar-refractivity contribution is 5.98. The van der Waals surface area contributed by atoms with Crippen LogP contribution in [0.1, 0.15) is 124 Å². The third kappa shape index (κ3) is 8.87. The lowest BCUT2D eigenvalue weighted by atomic mass is 9.83. The summed E-state index contributed by atoms with van der Waals surface area (Å²) >= 11 is 0. The molecule has 0 atom stereocenters. The van der Waals surface area contributed by atoms with Crippen molar-refractivity contribution in [1.82, 2.24) is 14.5 Å². The number of aryl methyl sites for hydroxylation is 1. The van der Waals surface area contributed by atoms with Crippen molar-refractivity contribution in [3.63, 3.8) is 0 Å². The molecule has 0 fully saturated rings. The average molecular weight is 845 g/mol. The molecule has 6 aromatic carbocycles. The minimum absolute atomic E-state index is 0.0800. The SMILES string of the molecule is [2H]c1cc(-c2c([2H])c([2H])nc(-c3cc(-c4cccc5c4nc(-c4cc(C(C)(C)C)cc(C)c4O)n5-c4ccc(CC(C)C)cc4-c4ccccc4)cc(C(C)(C)C)c3)c2[2H])c([2H])c([2H])c1C(C([2H])([2H])[2H])(C([2H])([2H])[2H])C([2H])([2H])[2H]. The van der Waals surface area contributed by atoms with Crippen molar-refractivity contribution in [3.05, 3.63) is 167 Å². The van der Waals surface area contributed by atoms with Crippen LogP contribution in [0.5, 0.6) is 5.75 Å². The summed E-state index contributed by atoms with van der Waals surface area (Å²) in [5.41, 5.74) is 2.98. The Balaban J connectivity index is 1.43. The number of pyridine rings is 1. The van der Waals surface area contributed by atoms with Crippen LogP contribution in [0, 0.1) is 12.8 Å². The van der Waals surface area contributed by atoms with E-state index in [1.54, 1.807) is 12.1 Å². The molecule has 2 heterocycles. The third-order valence-electron chi connectivity index (χ3n) is 11.4. The molecule has 320 valence electrons. The van der Waals surface area contributed by atoms with Crippen LogP contribution in [-0.4, -0.2) is 19.6 Å². The molecule has 0 aliphatic rings. The Morgan fingerprint density at radius 3 is 2.08 bits per heavy atom. The van der Waals surface area contributed by atoms with Crippen molar-refractivity contribution in [2.45, 2.75) is 106 Å². The van der Waals surface area contributed by atoms with E-state index in [1.807, 2.05) is 82.3 Å². The molecule has 0 unspecified atom stereocenters. The minimum atomic E-state index is -3.83. The largest absolute Gasteiger partial charge is 0.507 e. The zero-order valence-electron chi connectivity index (χ0n) is 52.4. The second kappa shape index (κ2) is 16.5. The smallest absolute Gasteiger partial charge is 0.149 e. The first-order valence-corrected chi connectivity index (χ1v) is 21.3. The van der Waals surface area contributed by atoms with Crippen molar-refractivity contribution < 1.29 is 25.7 Å². The number of hydrogen-bond acceptors (Lipinski definition) is 3. The fourth-order valence-electron chi connectivity index (χ4n) is 7.99. The molecule has 0 saturated heterocycles. The van der Waals surface area contributed by atoms with Crippen molar-refractivity contribution in [1.29, 1.82) is 0 Å². The number of benzene rings is 6. The summed E-state index contributed by atoms with van der Waals surface area (Å²) in [6.45, 7) is 7.12. The highest BCUT2D eigenvalue weighted by Gasteiger charge is 2.26. The number of fused-ring (bicyclic) bond motifs is 1. The zero-order valence-corrected chi connectivity index (χ0v) is 37.4. The molecule has 8 rings (SSSR count). The van der Waals surface area contributed by atoms with Gasteiger partial charge in [0, 0.05) is 35.2 Å². The summed E-state index contributed by atoms with van der Waals surface area (Å²) in [5, 5.41) is 12.1. The molecule has 8 aromatic rings. The van der Waals surface area contributed by atoms with Crippen LogP contribution < -0.4 is 0 Å². The Hall–Kier alpha value is -6.26. The van der Waals surface area contributed by atoms with E-state index in [4.69, 9.17) is 24.2 Å². The van der Waals surface area contributed by atoms with Gasteiger partial charge in [-0.2, -0.15) is 0 Å². The molecular formula is C59H63N3O. The average Bonchev–Trinajstić information content (AvgIpc) is 3.77. The fourth-order valence-corrected chi connectivity index (χ4v) is 7.99. The van der Waals surface area contributed by atoms with E-state index in [0.717, 1.165) is 46.0 Å². The van der Waals surface area contributed by atoms with Crippen molar-refractivity contribution in [2.75, 3.05) is 0 Å². The van der Waals surface area contributed by atoms with E-state index in [9.17, 15) is 6.48 Å². The van der Waals surface area contributed by atoms with Gasteiger partial charge < -0.3 is 5.11 Å². The number of aromatic hydroxyl groups is 1. The molecule has 63 heavy (non-hydrogen) atoms. The number of nitrogens with zero attached hydrogens (tertiary/aromatic N) is 3. The standard InChI is InChI=1S/C59H63N3O/c1-37(2)29-39-21-26-52(49(31-39)41-17-14-13-15-18-41)62-53-20-16-19-48(54(53)61-56(62)50-36-46(58(7,8)9)30-38(3)55(50)63)43-32-44(34-47(33-43)59(10,11)12)51-35-42(27-28-60-51)40-22-24-45(25-23-40)57(4,5)6/h13-28,30-37,63H,29H2,1-12H3/i4D3,5D3,6D3,22D,24D,25D,27D,28D,35D. The van der Waals surface area contributed by atoms with E-state index in [0.29, 0.717) is 50.6 Å². The number of rotatable bonds is 8. The van der Waals surface area contributed by atoms with E-state index < -0.39 is 84.5 Å². The Kier molecular flexibility index (Phi) is 7.43. The Labute approximate surface area is 396 Å². The van der Waals surface area contributed by atoms with Gasteiger partial charge in [-0.1, -0.05) is 161 Å². The monoisotopic (exact) mass is 845 g/mol. The second-order valence-corrected chi connectivity index (χ2v) is 19.0. The Morgan fingerprint density at radius 1 is 0.635 bits per heavy atom. The van der Waals surface area contributed by atoms with Gasteiger partial charge in [-0.05, 0) is 134 Å². The lowest BCUT2D eigenvalue weighted by Gasteiger charge is -2.22. The maximum absolute atomic E-state index is 12.1. The van der Waals surface area contributed by atoms with Crippen LogP contribution in [0.3, 0.4) is 0 Å². The summed E-state index contributed by atoms with van der Waals surface area (Å²) < 4.78 is 131. The quantitative estimate of drug-likeness (QED) is 0.166. The van der Waals surface area contributed by atoms with Crippen LogP contribution in [0.4, 0.5) is 0 Å². The normalized spacial score (nSPS) is 16.4. The molecule has 0 aliphatic heterocycles. The maximum Gasteiger partial charge on any atom is 0.149 e. The number of phenols is 1. The number of phenolic OH excluding ortho intramolecular Hbond substituents is 1. The van der Waals surface area contributed by atoms with E-state index >= 15 is 0 Å². The predicted molar refractivity (Wildman–Crippen MR) is 267 cm³/mol. The molecule has 0 spiro atoms. The van der Waals surface area contributed by atoms with Gasteiger partial charge in [0.1, 0.15) is 11.6 Å². The first-order chi connectivity index (χ1) is 36.0. The molecule has 0 saturated carbocycles. The van der Waals surface area contributed by atoms with Gasteiger partial charge in [0.05, 0.1) is 36.2 Å². The minimum Gasteiger partial charge on any atom is -0.507 e. The summed E-state index contributed by atoms with van der Waals surface area (Å²) in [4.78, 5) is 9.94. The van der Waals surface area contributed by atoms with Gasteiger partial charge in [0.2, 0.25) is 0 Å². The molecule has 2 aromatic heterocycles. The number of hydrogen-bond donors (Lipinski definition) is 1. The number of aromatic nitrogens is 3. The van der Waals surface area contributed by atoms with Gasteiger partial charge >= 0.3 is 0 Å². The van der Waals surface area contributed by atoms with Crippen LogP contribution in [0.25, 0.3) is 72.7 Å². The Bertz CT molecular complexity index is 3620. The summed E-state index contributed by atoms with van der Waals surface area (Å²) in [5.74, 6) is 0.964. The summed E-state index contributed by atoms with van der Waals surface area (Å²) in [6.07, 6.45) is 0.207. The lowest BCUT2D eigenvalue weighted by molar-refractivity contribution is 0.471. The predicted octanol–water partition coefficient (Wildman–Crippen LogP) is 15.9. The second-order valence-electron chi connectivity index (χ2n) is 19.0. The van der Waals surface area contributed by atoms with E-state index in [2.05, 4.69) is 74.5 Å². The Morgan fingerprint density at radius 2 is 1.37 bits per heavy atom. The number of para-hydroxylation sites is 1. The van der Waals surface area contributed by atoms with Crippen molar-refractivity contribution >= 4 is 11.0 Å². The highest BCUT2D eigenvalue weighted by atomic mass is 16.3. The molecule has 0 bridgehead atoms. The van der Waals surface area contributed by atoms with Gasteiger partial charge in [0.15, 0.2) is 0 Å². The van der Waals surface area contributed by atoms with Crippen LogP contribution in [0.2, 0.25) is 0 Å². The molecule has 1 N–H and O–H groups in total. The van der Waals surface area contributed by atoms with Crippen LogP contribution >= 0.6 is 0 Å². The fraction of sp³-hybridized carbons (Fsp3) is 0.288. The maximum atomic E-state index is 12.1. The van der Waals surface area contributed by atoms with Gasteiger partial charge in [-0.25, -0.2) is 4.98 Å². The summed E-state index contributed by atoms with van der Waals surface area (Å²) in [6, 6.07) is 28.5. The van der Waals surface area contributed by atoms with Crippen molar-refractivity contribution in [3.8, 4) is 67.5 Å². The van der Waals surface area contributed by atoms with Gasteiger partial charge in [-0.15, -0.1) is 0 Å². The molecule has 4 nitrogen and oxygen atoms in total. The molecule has 0 aliphatic carbocycles. The lowest BCUT2D eigenvalue weighted by Crippen LogP contribution is -2.12. The van der Waals surface area contributed by atoms with E-state index in [-0.39, 0.29) is 16.9 Å². The van der Waals surface area contributed by atoms with Gasteiger partial charge in [-0.3, -0.25) is 9.55 Å². The summed E-state index contributed by atoms with van der Waals surface area (Å²) in [7, 11) is 0. The van der Waals surface area contributed by atoms with Crippen LogP contribution in [-0.2, 0) is 22.7 Å². The molecular weight excluding hydrogens is 767 g/mol. The topological polar surface area (TPSA) is 50.9 Å². The molecule has 0 radical (unpaired) electrons. The van der Waals surface area contributed by atoms with Crippen molar-refractivity contribution in [2.24, 2.45) is 5.92 Å². The van der Waals surface area contributed by atoms with E-state index in [1.165, 1.54) is 0 Å². The highest BCUT2D eigenvalue weighted by Crippen LogP contribution is 2.44. The zero-order chi connectivity index (χ0) is 57.7. The molecule has 0 amide bonds. The third-order valence-corrected chi connectivity index (χ3v) is 11.4. The van der Waals surface area contributed by atoms with Gasteiger partial charge in [0.25, 0.3) is 0 Å².